The molecule has 170 valence electrons. The second-order valence-electron chi connectivity index (χ2n) is 7.36. The molecule has 0 saturated heterocycles. The highest BCUT2D eigenvalue weighted by atomic mass is 32.2. The summed E-state index contributed by atoms with van der Waals surface area (Å²) in [6, 6.07) is 15.4. The summed E-state index contributed by atoms with van der Waals surface area (Å²) in [7, 11) is -3.84. The molecule has 1 N–H and O–H groups in total. The average molecular weight is 494 g/mol. The number of benzene rings is 2. The summed E-state index contributed by atoms with van der Waals surface area (Å²) in [6.07, 6.45) is 3.15. The molecule has 5 rings (SSSR count). The summed E-state index contributed by atoms with van der Waals surface area (Å²) in [4.78, 5) is 20.6. The highest BCUT2D eigenvalue weighted by molar-refractivity contribution is 7.91. The van der Waals surface area contributed by atoms with Gasteiger partial charge < -0.3 is 9.73 Å². The summed E-state index contributed by atoms with van der Waals surface area (Å²) >= 11 is 1.13. The standard InChI is InChI=1S/C24H16FN3O4S2/c25-18-3-1-2-17(10-18)24-28-22(14-33-24)34(30,31)19-6-4-15(5-7-19)12-27-23(29)20-11-16-8-9-26-13-21(16)32-20/h1-11,13-14H,12H2,(H,27,29). The van der Waals surface area contributed by atoms with E-state index in [1.165, 1.54) is 35.8 Å². The van der Waals surface area contributed by atoms with E-state index >= 15 is 0 Å². The Morgan fingerprint density at radius 2 is 1.91 bits per heavy atom. The van der Waals surface area contributed by atoms with Crippen LogP contribution in [-0.4, -0.2) is 24.3 Å². The lowest BCUT2D eigenvalue weighted by Gasteiger charge is -2.06. The van der Waals surface area contributed by atoms with Crippen molar-refractivity contribution in [1.82, 2.24) is 15.3 Å². The second kappa shape index (κ2) is 8.81. The van der Waals surface area contributed by atoms with Crippen LogP contribution in [0.5, 0.6) is 0 Å². The number of pyridine rings is 1. The van der Waals surface area contributed by atoms with E-state index in [0.717, 1.165) is 16.7 Å². The molecule has 7 nitrogen and oxygen atoms in total. The number of carbonyl (C=O) groups is 1. The Bertz CT molecular complexity index is 1580. The van der Waals surface area contributed by atoms with Crippen molar-refractivity contribution in [2.75, 3.05) is 0 Å². The predicted molar refractivity (Wildman–Crippen MR) is 125 cm³/mol. The Kier molecular flexibility index (Phi) is 5.68. The van der Waals surface area contributed by atoms with Gasteiger partial charge in [-0.3, -0.25) is 9.78 Å². The van der Waals surface area contributed by atoms with Crippen LogP contribution in [0.4, 0.5) is 4.39 Å². The first-order valence-electron chi connectivity index (χ1n) is 10.1. The number of nitrogens with one attached hydrogen (secondary N) is 1. The number of aromatic nitrogens is 2. The Morgan fingerprint density at radius 3 is 2.68 bits per heavy atom. The van der Waals surface area contributed by atoms with Crippen molar-refractivity contribution in [1.29, 1.82) is 0 Å². The highest BCUT2D eigenvalue weighted by Crippen LogP contribution is 2.29. The van der Waals surface area contributed by atoms with Gasteiger partial charge >= 0.3 is 0 Å². The average Bonchev–Trinajstić information content (AvgIpc) is 3.51. The molecule has 0 radical (unpaired) electrons. The van der Waals surface area contributed by atoms with Crippen LogP contribution in [0.3, 0.4) is 0 Å². The van der Waals surface area contributed by atoms with E-state index in [9.17, 15) is 17.6 Å². The van der Waals surface area contributed by atoms with E-state index in [4.69, 9.17) is 4.42 Å². The number of hydrogen-bond donors (Lipinski definition) is 1. The Morgan fingerprint density at radius 1 is 1.09 bits per heavy atom. The highest BCUT2D eigenvalue weighted by Gasteiger charge is 2.22. The molecule has 0 aliphatic carbocycles. The number of sulfone groups is 1. The van der Waals surface area contributed by atoms with E-state index in [2.05, 4.69) is 15.3 Å². The van der Waals surface area contributed by atoms with Crippen molar-refractivity contribution >= 4 is 38.1 Å². The molecule has 0 unspecified atom stereocenters. The Hall–Kier alpha value is -3.89. The first-order valence-corrected chi connectivity index (χ1v) is 12.4. The van der Waals surface area contributed by atoms with E-state index in [1.54, 1.807) is 42.6 Å². The summed E-state index contributed by atoms with van der Waals surface area (Å²) in [5.74, 6) is -0.641. The maximum atomic E-state index is 13.5. The molecule has 0 bridgehead atoms. The van der Waals surface area contributed by atoms with Crippen LogP contribution < -0.4 is 5.32 Å². The van der Waals surface area contributed by atoms with E-state index in [-0.39, 0.29) is 28.1 Å². The number of halogens is 1. The van der Waals surface area contributed by atoms with E-state index in [0.29, 0.717) is 21.7 Å². The summed E-state index contributed by atoms with van der Waals surface area (Å²) in [6.45, 7) is 0.189. The quantitative estimate of drug-likeness (QED) is 0.363. The first-order chi connectivity index (χ1) is 16.4. The van der Waals surface area contributed by atoms with Gasteiger partial charge in [-0.25, -0.2) is 17.8 Å². The molecule has 1 amide bonds. The van der Waals surface area contributed by atoms with Crippen molar-refractivity contribution < 1.29 is 22.0 Å². The fourth-order valence-electron chi connectivity index (χ4n) is 3.31. The van der Waals surface area contributed by atoms with Gasteiger partial charge in [0.1, 0.15) is 10.8 Å². The lowest BCUT2D eigenvalue weighted by Crippen LogP contribution is -2.22. The molecule has 0 aliphatic heterocycles. The lowest BCUT2D eigenvalue weighted by atomic mass is 10.2. The first kappa shape index (κ1) is 21.9. The molecule has 3 heterocycles. The van der Waals surface area contributed by atoms with Gasteiger partial charge in [0, 0.05) is 29.1 Å². The smallest absolute Gasteiger partial charge is 0.287 e. The van der Waals surface area contributed by atoms with Crippen LogP contribution in [0, 0.1) is 5.82 Å². The van der Waals surface area contributed by atoms with Gasteiger partial charge in [-0.15, -0.1) is 11.3 Å². The number of nitrogens with zero attached hydrogens (tertiary/aromatic N) is 2. The minimum absolute atomic E-state index is 0.0726. The third-order valence-corrected chi connectivity index (χ3v) is 7.76. The molecule has 3 aromatic heterocycles. The van der Waals surface area contributed by atoms with Gasteiger partial charge in [0.2, 0.25) is 9.84 Å². The van der Waals surface area contributed by atoms with Crippen molar-refractivity contribution in [2.24, 2.45) is 0 Å². The molecule has 0 fully saturated rings. The second-order valence-corrected chi connectivity index (χ2v) is 10.1. The molecule has 10 heteroatoms. The molecular formula is C24H16FN3O4S2. The maximum Gasteiger partial charge on any atom is 0.287 e. The Balaban J connectivity index is 1.28. The summed E-state index contributed by atoms with van der Waals surface area (Å²) in [5, 5.41) is 5.28. The number of fused-ring (bicyclic) bond motifs is 1. The van der Waals surface area contributed by atoms with E-state index in [1.807, 2.05) is 0 Å². The molecular weight excluding hydrogens is 477 g/mol. The zero-order chi connectivity index (χ0) is 23.7. The van der Waals surface area contributed by atoms with Crippen LogP contribution in [0.2, 0.25) is 0 Å². The number of rotatable bonds is 6. The molecule has 0 atom stereocenters. The third kappa shape index (κ3) is 4.33. The predicted octanol–water partition coefficient (Wildman–Crippen LogP) is 4.85. The Labute approximate surface area is 197 Å². The number of carbonyl (C=O) groups excluding carboxylic acids is 1. The molecule has 2 aromatic carbocycles. The topological polar surface area (TPSA) is 102 Å². The van der Waals surface area contributed by atoms with E-state index < -0.39 is 15.7 Å². The van der Waals surface area contributed by atoms with Crippen LogP contribution in [-0.2, 0) is 16.4 Å². The zero-order valence-electron chi connectivity index (χ0n) is 17.4. The van der Waals surface area contributed by atoms with Gasteiger partial charge in [-0.1, -0.05) is 24.3 Å². The fourth-order valence-corrected chi connectivity index (χ4v) is 5.64. The number of hydrogen-bond acceptors (Lipinski definition) is 7. The van der Waals surface area contributed by atoms with Crippen molar-refractivity contribution in [3.8, 4) is 10.6 Å². The number of furan rings is 1. The van der Waals surface area contributed by atoms with Crippen molar-refractivity contribution in [3.63, 3.8) is 0 Å². The number of thiazole rings is 1. The molecule has 0 aliphatic rings. The van der Waals surface area contributed by atoms with Gasteiger partial charge in [-0.2, -0.15) is 0 Å². The summed E-state index contributed by atoms with van der Waals surface area (Å²) in [5.41, 5.74) is 1.74. The van der Waals surface area contributed by atoms with Crippen LogP contribution in [0.25, 0.3) is 21.5 Å². The maximum absolute atomic E-state index is 13.5. The normalized spacial score (nSPS) is 11.6. The van der Waals surface area contributed by atoms with Crippen LogP contribution in [0.15, 0.2) is 92.8 Å². The third-order valence-electron chi connectivity index (χ3n) is 5.06. The van der Waals surface area contributed by atoms with Gasteiger partial charge in [0.05, 0.1) is 11.1 Å². The number of amides is 1. The SMILES string of the molecule is O=C(NCc1ccc(S(=O)(=O)c2csc(-c3cccc(F)c3)n2)cc1)c1cc2ccncc2o1. The van der Waals surface area contributed by atoms with Crippen molar-refractivity contribution in [3.05, 3.63) is 95.6 Å². The lowest BCUT2D eigenvalue weighted by molar-refractivity contribution is 0.0925. The van der Waals surface area contributed by atoms with Crippen LogP contribution >= 0.6 is 11.3 Å². The molecule has 0 spiro atoms. The molecule has 34 heavy (non-hydrogen) atoms. The largest absolute Gasteiger partial charge is 0.449 e. The van der Waals surface area contributed by atoms with Crippen molar-refractivity contribution in [2.45, 2.75) is 16.5 Å². The van der Waals surface area contributed by atoms with Crippen LogP contribution in [0.1, 0.15) is 16.1 Å². The molecule has 5 aromatic rings. The minimum Gasteiger partial charge on any atom is -0.449 e. The zero-order valence-corrected chi connectivity index (χ0v) is 19.1. The molecule has 0 saturated carbocycles. The fraction of sp³-hybridized carbons (Fsp3) is 0.0417. The minimum atomic E-state index is -3.84. The summed E-state index contributed by atoms with van der Waals surface area (Å²) < 4.78 is 44.9. The van der Waals surface area contributed by atoms with Gasteiger partial charge in [0.25, 0.3) is 5.91 Å². The van der Waals surface area contributed by atoms with Gasteiger partial charge in [-0.05, 0) is 42.0 Å². The van der Waals surface area contributed by atoms with Gasteiger partial charge in [0.15, 0.2) is 16.4 Å². The monoisotopic (exact) mass is 493 g/mol.